The molecule has 2 aliphatic heterocycles. The number of hydrogen-bond acceptors (Lipinski definition) is 22. The first-order valence-corrected chi connectivity index (χ1v) is 35.7. The number of ether oxygens (including phenoxy) is 2. The second kappa shape index (κ2) is 34.2. The quantitative estimate of drug-likeness (QED) is 0.101. The van der Waals surface area contributed by atoms with Crippen LogP contribution in [-0.2, 0) is 55.7 Å². The second-order valence-electron chi connectivity index (χ2n) is 24.4. The van der Waals surface area contributed by atoms with E-state index in [2.05, 4.69) is 66.5 Å². The number of nitrogens with two attached hydrogens (primary N) is 1. The number of rotatable bonds is 13. The predicted molar refractivity (Wildman–Crippen MR) is 385 cm³/mol. The van der Waals surface area contributed by atoms with Gasteiger partial charge in [0.25, 0.3) is 0 Å². The van der Waals surface area contributed by atoms with Crippen molar-refractivity contribution in [3.05, 3.63) is 217 Å². The Bertz CT molecular complexity index is 5040. The van der Waals surface area contributed by atoms with Gasteiger partial charge in [-0.2, -0.15) is 16.8 Å². The van der Waals surface area contributed by atoms with Crippen LogP contribution in [0, 0.1) is 27.7 Å². The van der Waals surface area contributed by atoms with Crippen LogP contribution in [0.2, 0.25) is 0 Å². The van der Waals surface area contributed by atoms with Crippen LogP contribution in [0.5, 0.6) is 0 Å². The van der Waals surface area contributed by atoms with Crippen LogP contribution < -0.4 is 11.1 Å². The summed E-state index contributed by atoms with van der Waals surface area (Å²) in [7, 11) is -3.55. The lowest BCUT2D eigenvalue weighted by molar-refractivity contribution is 0.0678. The number of para-hydroxylation sites is 2. The zero-order chi connectivity index (χ0) is 72.5. The van der Waals surface area contributed by atoms with Gasteiger partial charge in [0.2, 0.25) is 20.9 Å². The summed E-state index contributed by atoms with van der Waals surface area (Å²) in [6, 6.07) is 47.7. The predicted octanol–water partition coefficient (Wildman–Crippen LogP) is 12.3. The number of fused-ring (bicyclic) bond motifs is 2. The van der Waals surface area contributed by atoms with Crippen molar-refractivity contribution in [1.82, 2.24) is 59.2 Å². The zero-order valence-corrected chi connectivity index (χ0v) is 59.3. The minimum atomic E-state index is -3.55. The molecule has 2 aliphatic rings. The Kier molecular flexibility index (Phi) is 24.6. The van der Waals surface area contributed by atoms with E-state index in [1.54, 1.807) is 22.3 Å². The first-order chi connectivity index (χ1) is 49.3. The number of amides is 2. The van der Waals surface area contributed by atoms with Crippen LogP contribution >= 0.6 is 0 Å². The molecular weight excluding hydrogens is 1360 g/mol. The Morgan fingerprint density at radius 3 is 1.41 bits per heavy atom. The molecule has 0 saturated carbocycles. The fourth-order valence-electron chi connectivity index (χ4n) is 11.8. The monoisotopic (exact) mass is 1430 g/mol. The number of hydrogen-bond donors (Lipinski definition) is 2. The van der Waals surface area contributed by atoms with Crippen molar-refractivity contribution < 1.29 is 53.4 Å². The molecule has 0 bridgehead atoms. The maximum Gasteiger partial charge on any atom is 0.410 e. The summed E-state index contributed by atoms with van der Waals surface area (Å²) >= 11 is -1.50. The lowest BCUT2D eigenvalue weighted by Crippen LogP contribution is -2.50. The molecule has 2 amide bonds. The third-order valence-corrected chi connectivity index (χ3v) is 18.1. The van der Waals surface area contributed by atoms with Gasteiger partial charge in [0.05, 0.1) is 45.3 Å². The zero-order valence-electron chi connectivity index (χ0n) is 56.9. The molecule has 4 aromatic carbocycles. The largest absolute Gasteiger partial charge is 0.445 e. The maximum atomic E-state index is 13.1. The minimum absolute atomic E-state index is 0.0160. The third-order valence-electron chi connectivity index (χ3n) is 17.2. The Hall–Kier alpha value is -11.3. The molecule has 12 aromatic rings. The highest BCUT2D eigenvalue weighted by atomic mass is 32.2. The molecule has 0 unspecified atom stereocenters. The summed E-state index contributed by atoms with van der Waals surface area (Å²) in [4.78, 5) is 56.6. The van der Waals surface area contributed by atoms with E-state index in [9.17, 15) is 18.0 Å². The normalized spacial score (nSPS) is 15.6. The van der Waals surface area contributed by atoms with Crippen LogP contribution in [0.3, 0.4) is 0 Å². The molecule has 0 spiro atoms. The number of aromatic nitrogens is 10. The summed E-state index contributed by atoms with van der Waals surface area (Å²) in [5.74, 6) is 0.517. The van der Waals surface area contributed by atoms with Gasteiger partial charge < -0.3 is 48.5 Å². The number of sulfone groups is 1. The van der Waals surface area contributed by atoms with Crippen molar-refractivity contribution in [3.63, 3.8) is 0 Å². The van der Waals surface area contributed by atoms with Gasteiger partial charge >= 0.3 is 35.3 Å². The SMILES string of the molecule is C[C@H]1CC[C@H](N)CN1C(=O)OCc1ccccc1.Cc1cnc(N[C@H]2CC[C@H](C)N(C(=O)OCc3ccccc3)C2)nc1-c1cn(-c2ccccc2)c2nc(-c3conc3C)ccc12.Cc1cnc(S(C)(=O)=O)nc1-c1cn(-c2ccccc2)c2nc(-c3conc3C)ccc12.O=S=O.O=S=O. The van der Waals surface area contributed by atoms with Gasteiger partial charge in [0.1, 0.15) is 37.0 Å². The van der Waals surface area contributed by atoms with E-state index in [4.69, 9.17) is 56.0 Å². The van der Waals surface area contributed by atoms with Crippen molar-refractivity contribution in [2.75, 3.05) is 24.7 Å². The number of carbonyl (C=O) groups excluding carboxylic acids is 2. The number of piperidine rings is 2. The molecule has 3 N–H and O–H groups in total. The molecule has 2 saturated heterocycles. The molecule has 4 atom stereocenters. The van der Waals surface area contributed by atoms with Crippen molar-refractivity contribution >= 4 is 73.2 Å². The van der Waals surface area contributed by atoms with Gasteiger partial charge in [0.15, 0.2) is 0 Å². The molecule has 0 radical (unpaired) electrons. The average molecular weight is 1440 g/mol. The summed E-state index contributed by atoms with van der Waals surface area (Å²) in [6.45, 7) is 13.4. The Balaban J connectivity index is 0.000000172. The van der Waals surface area contributed by atoms with Crippen LogP contribution in [0.4, 0.5) is 15.5 Å². The van der Waals surface area contributed by atoms with E-state index < -0.39 is 33.0 Å². The minimum Gasteiger partial charge on any atom is -0.445 e. The van der Waals surface area contributed by atoms with E-state index in [0.717, 1.165) is 133 Å². The van der Waals surface area contributed by atoms with E-state index in [1.165, 1.54) is 6.20 Å². The molecule has 2 fully saturated rings. The van der Waals surface area contributed by atoms with Crippen molar-refractivity contribution in [2.45, 2.75) is 110 Å². The average Bonchev–Trinajstić information content (AvgIpc) is 1.61. The molecule has 29 heteroatoms. The Morgan fingerprint density at radius 2 is 0.971 bits per heavy atom. The van der Waals surface area contributed by atoms with Crippen molar-refractivity contribution in [3.8, 4) is 56.4 Å². The molecule has 8 aromatic heterocycles. The molecule has 0 aliphatic carbocycles. The topological polar surface area (TPSA) is 339 Å². The summed E-state index contributed by atoms with van der Waals surface area (Å²) in [5, 5.41) is 13.1. The van der Waals surface area contributed by atoms with Gasteiger partial charge in [-0.25, -0.2) is 47.9 Å². The van der Waals surface area contributed by atoms with Gasteiger partial charge in [-0.1, -0.05) is 107 Å². The van der Waals surface area contributed by atoms with Crippen molar-refractivity contribution in [2.24, 2.45) is 5.73 Å². The van der Waals surface area contributed by atoms with Crippen LogP contribution in [0.1, 0.15) is 73.2 Å². The van der Waals surface area contributed by atoms with E-state index >= 15 is 0 Å². The molecule has 102 heavy (non-hydrogen) atoms. The highest BCUT2D eigenvalue weighted by molar-refractivity contribution is 7.90. The molecule has 10 heterocycles. The van der Waals surface area contributed by atoms with Crippen LogP contribution in [0.25, 0.3) is 78.5 Å². The number of aryl methyl sites for hydroxylation is 4. The van der Waals surface area contributed by atoms with Crippen LogP contribution in [0.15, 0.2) is 197 Å². The smallest absolute Gasteiger partial charge is 0.410 e. The number of nitrogens with one attached hydrogen (secondary N) is 1. The highest BCUT2D eigenvalue weighted by Crippen LogP contribution is 2.37. The number of benzene rings is 4. The van der Waals surface area contributed by atoms with Gasteiger partial charge in [-0.05, 0) is 138 Å². The summed E-state index contributed by atoms with van der Waals surface area (Å²) < 4.78 is 82.6. The van der Waals surface area contributed by atoms with E-state index in [-0.39, 0.29) is 48.1 Å². The lowest BCUT2D eigenvalue weighted by atomic mass is 10.00. The fourth-order valence-corrected chi connectivity index (χ4v) is 12.3. The lowest BCUT2D eigenvalue weighted by Gasteiger charge is -2.37. The maximum absolute atomic E-state index is 13.1. The Morgan fingerprint density at radius 1 is 0.549 bits per heavy atom. The highest BCUT2D eigenvalue weighted by Gasteiger charge is 2.32. The molecule has 526 valence electrons. The van der Waals surface area contributed by atoms with Gasteiger partial charge in [0, 0.05) is 102 Å². The van der Waals surface area contributed by atoms with Gasteiger partial charge in [-0.15, -0.1) is 0 Å². The standard InChI is InChI=1S/C36H35N7O3.C23H19N5O3S.C14H20N2O2.2O2S/c1-23-18-37-35(38-27-15-14-24(2)42(19-27)36(44)45-21-26-10-6-4-7-11-26)40-33(23)30-20-43(28-12-8-5-9-13-28)34-29(30)16-17-32(39-34)31-22-46-41-25(31)3;1-14-11-24-23(32(3,29)30)26-21(14)18-12-28(16-7-5-4-6-8-16)22-17(18)9-10-20(25-22)19-13-31-27-15(19)2;1-11-7-8-13(15)9-16(11)14(17)18-10-12-5-3-2-4-6-12;2*1-3-2/h4-13,16-18,20,22,24,27H,14-15,19,21H2,1-3H3,(H,37,38,40);4-13H,1-3H3;2-6,11,13H,7-10,15H2,1H3;;/t24-,27-;;11-,13-;;/m0.0../s1. The number of pyridine rings is 2. The molecule has 26 nitrogen and oxygen atoms in total. The Labute approximate surface area is 595 Å². The second-order valence-corrected chi connectivity index (χ2v) is 26.6. The van der Waals surface area contributed by atoms with Gasteiger partial charge in [-0.3, -0.25) is 0 Å². The van der Waals surface area contributed by atoms with E-state index in [1.807, 2.05) is 179 Å². The summed E-state index contributed by atoms with van der Waals surface area (Å²) in [6.07, 6.45) is 14.8. The molecule has 14 rings (SSSR count). The molecular formula is C73H74N14O12S3. The third kappa shape index (κ3) is 18.0. The first kappa shape index (κ1) is 73.4. The fraction of sp³-hybridized carbons (Fsp3) is 0.260. The number of likely N-dealkylation sites (tertiary alicyclic amines) is 2. The number of carbonyl (C=O) groups is 2. The number of anilines is 1. The van der Waals surface area contributed by atoms with Crippen molar-refractivity contribution in [1.29, 1.82) is 0 Å². The first-order valence-electron chi connectivity index (χ1n) is 32.4. The number of nitrogens with zero attached hydrogens (tertiary/aromatic N) is 12. The van der Waals surface area contributed by atoms with Crippen LogP contribution in [-0.4, -0.2) is 140 Å². The summed E-state index contributed by atoms with van der Waals surface area (Å²) in [5.41, 5.74) is 20.8. The van der Waals surface area contributed by atoms with E-state index in [0.29, 0.717) is 37.0 Å².